The number of aliphatic hydroxyl groups excluding tert-OH is 1. The molecular formula is C36H52Br2F6N2O6P2S2. The predicted octanol–water partition coefficient (Wildman–Crippen LogP) is 12.0. The van der Waals surface area contributed by atoms with E-state index in [1.165, 1.54) is 20.0 Å². The highest BCUT2D eigenvalue weighted by Gasteiger charge is 2.38. The van der Waals surface area contributed by atoms with Gasteiger partial charge in [0.05, 0.1) is 17.4 Å². The summed E-state index contributed by atoms with van der Waals surface area (Å²) in [6.45, 7) is 9.51. The Kier molecular flexibility index (Phi) is 18.6. The molecule has 0 radical (unpaired) electrons. The fourth-order valence-corrected chi connectivity index (χ4v) is 7.84. The SMILES string of the molecule is C.CP(C)(=S)OCC(F)(F)F.Cc1ccc(Br)cc1C1=C(O)CC(C)(C)NC1=O.Cc1ccc(Br)cc1C1=C(OP(C)(=S)OCC(F)(F)F)CC(C)(C)NC1=O.[HH].[HH]. The summed E-state index contributed by atoms with van der Waals surface area (Å²) >= 11 is 16.6. The van der Waals surface area contributed by atoms with Crippen molar-refractivity contribution in [2.75, 3.05) is 33.2 Å². The summed E-state index contributed by atoms with van der Waals surface area (Å²) in [5.41, 5.74) is 2.81. The van der Waals surface area contributed by atoms with Crippen molar-refractivity contribution in [3.8, 4) is 0 Å². The molecule has 8 nitrogen and oxygen atoms in total. The maximum Gasteiger partial charge on any atom is 0.412 e. The lowest BCUT2D eigenvalue weighted by atomic mass is 9.88. The minimum absolute atomic E-state index is 0. The normalized spacial score (nSPS) is 17.9. The molecule has 56 heavy (non-hydrogen) atoms. The number of nitrogens with one attached hydrogen (secondary N) is 2. The van der Waals surface area contributed by atoms with Gasteiger partial charge in [-0.15, -0.1) is 0 Å². The van der Waals surface area contributed by atoms with Gasteiger partial charge in [-0.1, -0.05) is 63.2 Å². The van der Waals surface area contributed by atoms with Crippen LogP contribution in [0.25, 0.3) is 11.1 Å². The van der Waals surface area contributed by atoms with Crippen molar-refractivity contribution in [1.29, 1.82) is 0 Å². The molecule has 0 saturated heterocycles. The molecule has 1 unspecified atom stereocenters. The van der Waals surface area contributed by atoms with Crippen LogP contribution in [-0.2, 0) is 46.8 Å². The minimum atomic E-state index is -4.51. The van der Waals surface area contributed by atoms with Gasteiger partial charge >= 0.3 is 12.4 Å². The number of carbonyl (C=O) groups excluding carboxylic acids is 2. The average Bonchev–Trinajstić information content (AvgIpc) is 2.96. The third kappa shape index (κ3) is 18.0. The van der Waals surface area contributed by atoms with Crippen molar-refractivity contribution < 1.29 is 57.5 Å². The molecule has 2 amide bonds. The molecule has 2 aliphatic heterocycles. The Morgan fingerprint density at radius 2 is 1.16 bits per heavy atom. The summed E-state index contributed by atoms with van der Waals surface area (Å²) in [4.78, 5) is 24.9. The summed E-state index contributed by atoms with van der Waals surface area (Å²) in [5.74, 6) is -0.180. The van der Waals surface area contributed by atoms with E-state index in [0.717, 1.165) is 25.6 Å². The zero-order valence-corrected chi connectivity index (χ0v) is 38.1. The van der Waals surface area contributed by atoms with Crippen LogP contribution in [-0.4, -0.2) is 73.6 Å². The maximum atomic E-state index is 12.8. The molecule has 320 valence electrons. The summed E-state index contributed by atoms with van der Waals surface area (Å²) in [7, 11) is 0. The van der Waals surface area contributed by atoms with E-state index in [1.54, 1.807) is 19.9 Å². The highest BCUT2D eigenvalue weighted by Crippen LogP contribution is 2.51. The average molecular weight is 1010 g/mol. The number of aliphatic hydroxyl groups is 1. The monoisotopic (exact) mass is 1010 g/mol. The number of hydrogen-bond acceptors (Lipinski definition) is 8. The Morgan fingerprint density at radius 1 is 0.768 bits per heavy atom. The van der Waals surface area contributed by atoms with Crippen molar-refractivity contribution in [2.24, 2.45) is 0 Å². The molecule has 0 aromatic heterocycles. The van der Waals surface area contributed by atoms with Crippen LogP contribution in [0.15, 0.2) is 56.9 Å². The minimum Gasteiger partial charge on any atom is -0.511 e. The summed E-state index contributed by atoms with van der Waals surface area (Å²) in [6, 6.07) is 11.1. The number of aryl methyl sites for hydroxylation is 2. The molecular weight excluding hydrogens is 956 g/mol. The summed E-state index contributed by atoms with van der Waals surface area (Å²) in [6.07, 6.45) is -10.2. The number of alkyl halides is 6. The molecule has 2 aliphatic rings. The highest BCUT2D eigenvalue weighted by molar-refractivity contribution is 9.10. The molecule has 0 saturated carbocycles. The van der Waals surface area contributed by atoms with Gasteiger partial charge in [0.15, 0.2) is 6.61 Å². The lowest BCUT2D eigenvalue weighted by Gasteiger charge is -2.35. The van der Waals surface area contributed by atoms with Crippen LogP contribution in [0.2, 0.25) is 0 Å². The number of carbonyl (C=O) groups is 2. The Morgan fingerprint density at radius 3 is 1.55 bits per heavy atom. The van der Waals surface area contributed by atoms with Gasteiger partial charge in [-0.3, -0.25) is 9.59 Å². The summed E-state index contributed by atoms with van der Waals surface area (Å²) in [5, 5.41) is 15.9. The second-order valence-electron chi connectivity index (χ2n) is 14.5. The highest BCUT2D eigenvalue weighted by atomic mass is 79.9. The number of halogens is 8. The Balaban J connectivity index is 0. The van der Waals surface area contributed by atoms with Crippen molar-refractivity contribution >= 4 is 91.2 Å². The van der Waals surface area contributed by atoms with E-state index in [-0.39, 0.29) is 45.6 Å². The van der Waals surface area contributed by atoms with Gasteiger partial charge in [0.2, 0.25) is 6.49 Å². The lowest BCUT2D eigenvalue weighted by molar-refractivity contribution is -0.153. The van der Waals surface area contributed by atoms with Gasteiger partial charge in [-0.25, -0.2) is 0 Å². The van der Waals surface area contributed by atoms with Gasteiger partial charge in [0.1, 0.15) is 18.1 Å². The topological polar surface area (TPSA) is 106 Å². The Hall–Kier alpha value is -1.78. The fraction of sp³-hybridized carbons (Fsp3) is 0.500. The van der Waals surface area contributed by atoms with Crippen LogP contribution in [0.5, 0.6) is 0 Å². The van der Waals surface area contributed by atoms with Crippen LogP contribution < -0.4 is 10.6 Å². The molecule has 20 heteroatoms. The lowest BCUT2D eigenvalue weighted by Crippen LogP contribution is -2.47. The molecule has 0 aliphatic carbocycles. The second-order valence-corrected chi connectivity index (χ2v) is 25.7. The second kappa shape index (κ2) is 20.0. The van der Waals surface area contributed by atoms with Gasteiger partial charge in [-0.2, -0.15) is 26.3 Å². The molecule has 0 spiro atoms. The third-order valence-corrected chi connectivity index (χ3v) is 11.1. The first-order valence-electron chi connectivity index (χ1n) is 16.3. The molecule has 2 aromatic carbocycles. The van der Waals surface area contributed by atoms with Gasteiger partial charge in [0, 0.05) is 42.4 Å². The smallest absolute Gasteiger partial charge is 0.412 e. The van der Waals surface area contributed by atoms with Gasteiger partial charge < -0.3 is 29.3 Å². The number of rotatable bonds is 8. The Labute approximate surface area is 355 Å². The summed E-state index contributed by atoms with van der Waals surface area (Å²) < 4.78 is 88.4. The van der Waals surface area contributed by atoms with Crippen LogP contribution in [0.1, 0.15) is 73.1 Å². The van der Waals surface area contributed by atoms with Gasteiger partial charge in [-0.05, 0) is 113 Å². The van der Waals surface area contributed by atoms with Crippen LogP contribution in [0.3, 0.4) is 0 Å². The van der Waals surface area contributed by atoms with E-state index in [0.29, 0.717) is 17.6 Å². The molecule has 0 fully saturated rings. The number of hydrogen-bond donors (Lipinski definition) is 3. The fourth-order valence-electron chi connectivity index (χ4n) is 5.08. The van der Waals surface area contributed by atoms with Crippen LogP contribution in [0.4, 0.5) is 26.3 Å². The molecule has 1 atom stereocenters. The van der Waals surface area contributed by atoms with Crippen molar-refractivity contribution in [2.45, 2.75) is 85.2 Å². The van der Waals surface area contributed by atoms with E-state index in [4.69, 9.17) is 20.9 Å². The van der Waals surface area contributed by atoms with Crippen LogP contribution >= 0.6 is 44.6 Å². The first-order valence-corrected chi connectivity index (χ1v) is 24.6. The van der Waals surface area contributed by atoms with Crippen molar-refractivity contribution in [3.63, 3.8) is 0 Å². The standard InChI is InChI=1S/C17H20BrF3NO3PS.C14H16BrNO2.C4H8F3OPS.CH4.2H2/c1-10-5-6-11(18)7-12(10)14-13(8-16(2,3)22-15(14)23)25-26(4,27)24-9-17(19,20)21;1-8-4-5-9(15)6-10(8)12-11(17)7-14(2,3)16-13(12)18;1-9(2,10)8-3-4(5,6)7;;;/h5-7H,8-9H2,1-4H3,(H,22,23);4-6,17H,7H2,1-3H3,(H,16,18);3H2,1-2H3;1H4;2*1H. The number of amides is 2. The van der Waals surface area contributed by atoms with Crippen molar-refractivity contribution in [3.05, 3.63) is 79.1 Å². The van der Waals surface area contributed by atoms with Crippen molar-refractivity contribution in [1.82, 2.24) is 10.6 Å². The molecule has 4 rings (SSSR count). The first-order chi connectivity index (χ1) is 24.7. The van der Waals surface area contributed by atoms with E-state index in [2.05, 4.69) is 58.8 Å². The van der Waals surface area contributed by atoms with E-state index < -0.39 is 49.4 Å². The quantitative estimate of drug-likeness (QED) is 0.177. The molecule has 2 aromatic rings. The largest absolute Gasteiger partial charge is 0.511 e. The zero-order valence-electron chi connectivity index (χ0n) is 31.5. The first kappa shape index (κ1) is 52.2. The molecule has 0 bridgehead atoms. The molecule has 3 N–H and O–H groups in total. The van der Waals surface area contributed by atoms with E-state index in [9.17, 15) is 41.0 Å². The van der Waals surface area contributed by atoms with E-state index >= 15 is 0 Å². The number of benzene rings is 2. The van der Waals surface area contributed by atoms with Gasteiger partial charge in [0.25, 0.3) is 11.8 Å². The maximum absolute atomic E-state index is 12.8. The van der Waals surface area contributed by atoms with E-state index in [1.807, 2.05) is 58.0 Å². The molecule has 2 heterocycles. The predicted molar refractivity (Wildman–Crippen MR) is 230 cm³/mol. The third-order valence-electron chi connectivity index (χ3n) is 7.35. The van der Waals surface area contributed by atoms with Crippen LogP contribution in [0, 0.1) is 13.8 Å². The zero-order chi connectivity index (χ0) is 42.5. The Bertz CT molecular complexity index is 1940.